The third kappa shape index (κ3) is 3.88. The van der Waals surface area contributed by atoms with Gasteiger partial charge in [0.15, 0.2) is 6.29 Å². The fraction of sp³-hybridized carbons (Fsp3) is 0.591. The van der Waals surface area contributed by atoms with Crippen molar-refractivity contribution in [2.24, 2.45) is 11.3 Å². The van der Waals surface area contributed by atoms with Gasteiger partial charge in [-0.15, -0.1) is 0 Å². The van der Waals surface area contributed by atoms with E-state index in [0.717, 1.165) is 25.7 Å². The molecule has 158 valence electrons. The molecule has 3 rings (SSSR count). The van der Waals surface area contributed by atoms with Crippen molar-refractivity contribution in [1.29, 1.82) is 0 Å². The number of amides is 2. The first-order chi connectivity index (χ1) is 13.8. The summed E-state index contributed by atoms with van der Waals surface area (Å²) in [5.41, 5.74) is 2.66. The molecule has 2 heterocycles. The molecule has 0 saturated carbocycles. The van der Waals surface area contributed by atoms with E-state index < -0.39 is 11.8 Å². The maximum atomic E-state index is 13.0. The van der Waals surface area contributed by atoms with Gasteiger partial charge in [-0.3, -0.25) is 20.3 Å². The average molecular weight is 402 g/mol. The van der Waals surface area contributed by atoms with E-state index in [1.54, 1.807) is 24.3 Å². The lowest BCUT2D eigenvalue weighted by Gasteiger charge is -2.33. The SMILES string of the molecule is CCCCCC1[N@@](NC(=O)c2ccccc2C=O)[C@@]12NC(=O)OCC(C)(C)[C@@H]2C. The van der Waals surface area contributed by atoms with Crippen LogP contribution in [0.1, 0.15) is 74.1 Å². The van der Waals surface area contributed by atoms with E-state index in [0.29, 0.717) is 24.0 Å². The number of nitrogens with one attached hydrogen (secondary N) is 2. The molecular formula is C22H31N3O4. The Balaban J connectivity index is 1.89. The fourth-order valence-corrected chi connectivity index (χ4v) is 4.37. The molecule has 2 aliphatic heterocycles. The fourth-order valence-electron chi connectivity index (χ4n) is 4.37. The Kier molecular flexibility index (Phi) is 5.98. The van der Waals surface area contributed by atoms with Crippen LogP contribution in [0.15, 0.2) is 24.3 Å². The lowest BCUT2D eigenvalue weighted by atomic mass is 9.75. The Morgan fingerprint density at radius 1 is 1.34 bits per heavy atom. The smallest absolute Gasteiger partial charge is 0.408 e. The van der Waals surface area contributed by atoms with Gasteiger partial charge in [-0.1, -0.05) is 65.2 Å². The first kappa shape index (κ1) is 21.3. The Labute approximate surface area is 172 Å². The second-order valence-corrected chi connectivity index (χ2v) is 8.76. The van der Waals surface area contributed by atoms with Crippen LogP contribution in [0.4, 0.5) is 4.79 Å². The summed E-state index contributed by atoms with van der Waals surface area (Å²) in [6, 6.07) is 6.67. The van der Waals surface area contributed by atoms with Gasteiger partial charge >= 0.3 is 6.09 Å². The number of hydrogen-bond donors (Lipinski definition) is 2. The molecular weight excluding hydrogens is 370 g/mol. The minimum Gasteiger partial charge on any atom is -0.449 e. The largest absolute Gasteiger partial charge is 0.449 e. The van der Waals surface area contributed by atoms with Crippen molar-refractivity contribution in [3.8, 4) is 0 Å². The highest BCUT2D eigenvalue weighted by Gasteiger charge is 2.70. The molecule has 1 aromatic rings. The first-order valence-electron chi connectivity index (χ1n) is 10.4. The van der Waals surface area contributed by atoms with E-state index in [2.05, 4.69) is 38.4 Å². The molecule has 2 amide bonds. The predicted molar refractivity (Wildman–Crippen MR) is 109 cm³/mol. The maximum Gasteiger partial charge on any atom is 0.408 e. The highest BCUT2D eigenvalue weighted by Crippen LogP contribution is 2.52. The van der Waals surface area contributed by atoms with Crippen LogP contribution >= 0.6 is 0 Å². The van der Waals surface area contributed by atoms with Crippen LogP contribution in [0, 0.1) is 11.3 Å². The van der Waals surface area contributed by atoms with Crippen LogP contribution in [-0.4, -0.2) is 41.6 Å². The number of carbonyl (C=O) groups excluding carboxylic acids is 3. The van der Waals surface area contributed by atoms with Gasteiger partial charge in [0.1, 0.15) is 5.66 Å². The van der Waals surface area contributed by atoms with E-state index in [9.17, 15) is 14.4 Å². The summed E-state index contributed by atoms with van der Waals surface area (Å²) in [5.74, 6) is -0.316. The molecule has 0 aromatic heterocycles. The molecule has 29 heavy (non-hydrogen) atoms. The monoisotopic (exact) mass is 401 g/mol. The van der Waals surface area contributed by atoms with Crippen LogP contribution in [0.3, 0.4) is 0 Å². The molecule has 7 nitrogen and oxygen atoms in total. The van der Waals surface area contributed by atoms with E-state index in [-0.39, 0.29) is 23.3 Å². The van der Waals surface area contributed by atoms with Crippen LogP contribution in [0.2, 0.25) is 0 Å². The average Bonchev–Trinajstić information content (AvgIpc) is 3.32. The number of hydrogen-bond acceptors (Lipinski definition) is 5. The predicted octanol–water partition coefficient (Wildman–Crippen LogP) is 3.51. The number of ether oxygens (including phenoxy) is 1. The molecule has 0 bridgehead atoms. The number of hydrazine groups is 1. The normalized spacial score (nSPS) is 30.1. The number of carbonyl (C=O) groups is 3. The summed E-state index contributed by atoms with van der Waals surface area (Å²) in [5, 5.41) is 4.88. The Bertz CT molecular complexity index is 794. The lowest BCUT2D eigenvalue weighted by molar-refractivity contribution is 0.0720. The zero-order valence-electron chi connectivity index (χ0n) is 17.7. The molecule has 2 aliphatic rings. The number of aldehydes is 1. The van der Waals surface area contributed by atoms with Gasteiger partial charge in [-0.05, 0) is 12.5 Å². The molecule has 4 atom stereocenters. The first-order valence-corrected chi connectivity index (χ1v) is 10.4. The Hall–Kier alpha value is -2.41. The van der Waals surface area contributed by atoms with Crippen molar-refractivity contribution in [3.63, 3.8) is 0 Å². The summed E-state index contributed by atoms with van der Waals surface area (Å²) < 4.78 is 5.38. The Morgan fingerprint density at radius 3 is 2.76 bits per heavy atom. The van der Waals surface area contributed by atoms with E-state index >= 15 is 0 Å². The van der Waals surface area contributed by atoms with Gasteiger partial charge in [0.25, 0.3) is 5.91 Å². The molecule has 2 fully saturated rings. The van der Waals surface area contributed by atoms with Crippen molar-refractivity contribution in [2.45, 2.75) is 65.1 Å². The van der Waals surface area contributed by atoms with Crippen molar-refractivity contribution >= 4 is 18.3 Å². The molecule has 2 N–H and O–H groups in total. The van der Waals surface area contributed by atoms with Crippen molar-refractivity contribution in [1.82, 2.24) is 15.8 Å². The van der Waals surface area contributed by atoms with Gasteiger partial charge in [-0.2, -0.15) is 5.01 Å². The zero-order chi connectivity index (χ0) is 21.2. The Morgan fingerprint density at radius 2 is 2.07 bits per heavy atom. The van der Waals surface area contributed by atoms with E-state index in [1.807, 2.05) is 5.01 Å². The zero-order valence-corrected chi connectivity index (χ0v) is 17.7. The number of alkyl carbamates (subject to hydrolysis) is 1. The summed E-state index contributed by atoms with van der Waals surface area (Å²) >= 11 is 0. The molecule has 1 spiro atoms. The third-order valence-corrected chi connectivity index (χ3v) is 6.50. The highest BCUT2D eigenvalue weighted by molar-refractivity contribution is 6.01. The molecule has 2 saturated heterocycles. The van der Waals surface area contributed by atoms with E-state index in [4.69, 9.17) is 4.74 Å². The number of cyclic esters (lactones) is 1. The van der Waals surface area contributed by atoms with Gasteiger partial charge < -0.3 is 4.74 Å². The molecule has 0 radical (unpaired) electrons. The van der Waals surface area contributed by atoms with Crippen LogP contribution in [0.5, 0.6) is 0 Å². The number of benzene rings is 1. The van der Waals surface area contributed by atoms with Crippen LogP contribution < -0.4 is 10.7 Å². The van der Waals surface area contributed by atoms with Crippen molar-refractivity contribution in [2.75, 3.05) is 6.61 Å². The third-order valence-electron chi connectivity index (χ3n) is 6.50. The van der Waals surface area contributed by atoms with Gasteiger partial charge in [0.05, 0.1) is 18.2 Å². The topological polar surface area (TPSA) is 87.5 Å². The second kappa shape index (κ2) is 8.14. The molecule has 0 aliphatic carbocycles. The lowest BCUT2D eigenvalue weighted by Crippen LogP contribution is -2.51. The molecule has 1 aromatic carbocycles. The van der Waals surface area contributed by atoms with Crippen molar-refractivity contribution in [3.05, 3.63) is 35.4 Å². The maximum absolute atomic E-state index is 13.0. The van der Waals surface area contributed by atoms with Crippen LogP contribution in [0.25, 0.3) is 0 Å². The minimum absolute atomic E-state index is 0.0266. The van der Waals surface area contributed by atoms with E-state index in [1.165, 1.54) is 0 Å². The second-order valence-electron chi connectivity index (χ2n) is 8.76. The van der Waals surface area contributed by atoms with Gasteiger partial charge in [-0.25, -0.2) is 4.79 Å². The summed E-state index contributed by atoms with van der Waals surface area (Å²) in [4.78, 5) is 36.6. The molecule has 7 heteroatoms. The minimum atomic E-state index is -0.698. The van der Waals surface area contributed by atoms with Crippen molar-refractivity contribution < 1.29 is 19.1 Å². The number of unbranched alkanes of at least 4 members (excludes halogenated alkanes) is 2. The van der Waals surface area contributed by atoms with Gasteiger partial charge in [0, 0.05) is 16.9 Å². The number of nitrogens with zero attached hydrogens (tertiary/aromatic N) is 1. The summed E-state index contributed by atoms with van der Waals surface area (Å²) in [6.45, 7) is 8.70. The quantitative estimate of drug-likeness (QED) is 0.415. The van der Waals surface area contributed by atoms with Gasteiger partial charge in [0.2, 0.25) is 0 Å². The summed E-state index contributed by atoms with van der Waals surface area (Å²) in [6.07, 6.45) is 4.25. The highest BCUT2D eigenvalue weighted by atomic mass is 16.6. The van der Waals surface area contributed by atoms with Crippen LogP contribution in [-0.2, 0) is 4.74 Å². The number of rotatable bonds is 7. The molecule has 1 unspecified atom stereocenters. The standard InChI is InChI=1S/C22H31N3O4/c1-5-6-7-12-18-22(15(2)21(3,4)14-29-20(28)23-22)25(18)24-19(27)17-11-9-8-10-16(17)13-26/h8-11,13,15,18H,5-7,12,14H2,1-4H3,(H,23,28)(H,24,27)/t15-,18?,22+,25+/m0/s1. The summed E-state index contributed by atoms with van der Waals surface area (Å²) in [7, 11) is 0.